The number of hydrogen-bond acceptors (Lipinski definition) is 3. The van der Waals surface area contributed by atoms with Gasteiger partial charge in [-0.15, -0.1) is 0 Å². The van der Waals surface area contributed by atoms with E-state index in [1.54, 1.807) is 0 Å². The summed E-state index contributed by atoms with van der Waals surface area (Å²) in [6.07, 6.45) is 1.34. The molecule has 0 spiro atoms. The molecule has 0 saturated carbocycles. The summed E-state index contributed by atoms with van der Waals surface area (Å²) in [5.41, 5.74) is 1.82. The highest BCUT2D eigenvalue weighted by Gasteiger charge is 2.25. The van der Waals surface area contributed by atoms with Crippen LogP contribution in [0.2, 0.25) is 10.0 Å². The van der Waals surface area contributed by atoms with Gasteiger partial charge >= 0.3 is 0 Å². The van der Waals surface area contributed by atoms with E-state index < -0.39 is 6.10 Å². The van der Waals surface area contributed by atoms with Crippen LogP contribution in [0.1, 0.15) is 63.8 Å². The first-order chi connectivity index (χ1) is 13.2. The van der Waals surface area contributed by atoms with Crippen LogP contribution >= 0.6 is 35.0 Å². The van der Waals surface area contributed by atoms with Crippen molar-refractivity contribution in [1.29, 1.82) is 0 Å². The number of nitrogens with one attached hydrogen (secondary N) is 1. The molecular weight excluding hydrogens is 409 g/mol. The lowest BCUT2D eigenvalue weighted by Gasteiger charge is -2.30. The first kappa shape index (κ1) is 23.6. The van der Waals surface area contributed by atoms with Crippen LogP contribution in [-0.2, 0) is 0 Å². The molecule has 0 heterocycles. The van der Waals surface area contributed by atoms with Crippen molar-refractivity contribution in [2.75, 3.05) is 5.75 Å². The maximum Gasteiger partial charge on any atom is 0.0985 e. The Bertz CT molecular complexity index is 730. The fourth-order valence-corrected chi connectivity index (χ4v) is 4.43. The van der Waals surface area contributed by atoms with Crippen LogP contribution in [0, 0.1) is 0 Å². The van der Waals surface area contributed by atoms with E-state index in [1.807, 2.05) is 60.3 Å². The third-order valence-corrected chi connectivity index (χ3v) is 6.44. The molecule has 0 radical (unpaired) electrons. The van der Waals surface area contributed by atoms with Crippen LogP contribution in [0.15, 0.2) is 48.5 Å². The van der Waals surface area contributed by atoms with E-state index in [4.69, 9.17) is 23.2 Å². The summed E-state index contributed by atoms with van der Waals surface area (Å²) in [6.45, 7) is 8.91. The third-order valence-electron chi connectivity index (χ3n) is 4.64. The first-order valence-corrected chi connectivity index (χ1v) is 11.5. The molecule has 0 bridgehead atoms. The highest BCUT2D eigenvalue weighted by Crippen LogP contribution is 2.32. The van der Waals surface area contributed by atoms with Gasteiger partial charge in [-0.25, -0.2) is 0 Å². The number of thioether (sulfide) groups is 1. The van der Waals surface area contributed by atoms with Crippen molar-refractivity contribution in [3.8, 4) is 0 Å². The highest BCUT2D eigenvalue weighted by atomic mass is 35.5. The minimum atomic E-state index is -0.704. The first-order valence-electron chi connectivity index (χ1n) is 9.78. The quantitative estimate of drug-likeness (QED) is 0.438. The Kier molecular flexibility index (Phi) is 9.17. The van der Waals surface area contributed by atoms with E-state index in [1.165, 1.54) is 0 Å². The van der Waals surface area contributed by atoms with Gasteiger partial charge in [-0.2, -0.15) is 11.8 Å². The van der Waals surface area contributed by atoms with Crippen molar-refractivity contribution in [2.45, 2.75) is 63.5 Å². The SMILES string of the molecule is CC[C@@H](CCSC(C)(C)C)N[C@H](c1ccc(Cl)cc1)[C@H](O)c1cccc(Cl)c1. The summed E-state index contributed by atoms with van der Waals surface area (Å²) in [5, 5.41) is 16.2. The molecule has 0 unspecified atom stereocenters. The summed E-state index contributed by atoms with van der Waals surface area (Å²) < 4.78 is 0.258. The Morgan fingerprint density at radius 2 is 1.68 bits per heavy atom. The van der Waals surface area contributed by atoms with Crippen molar-refractivity contribution in [3.05, 3.63) is 69.7 Å². The molecule has 28 heavy (non-hydrogen) atoms. The zero-order valence-corrected chi connectivity index (χ0v) is 19.4. The predicted molar refractivity (Wildman–Crippen MR) is 125 cm³/mol. The Labute approximate surface area is 184 Å². The van der Waals surface area contributed by atoms with E-state index in [0.29, 0.717) is 16.1 Å². The van der Waals surface area contributed by atoms with Gasteiger partial charge in [0.1, 0.15) is 0 Å². The predicted octanol–water partition coefficient (Wildman–Crippen LogP) is 7.06. The zero-order chi connectivity index (χ0) is 20.7. The van der Waals surface area contributed by atoms with Crippen LogP contribution in [-0.4, -0.2) is 21.6 Å². The minimum absolute atomic E-state index is 0.236. The van der Waals surface area contributed by atoms with Crippen LogP contribution in [0.4, 0.5) is 0 Å². The van der Waals surface area contributed by atoms with E-state index >= 15 is 0 Å². The third kappa shape index (κ3) is 7.61. The highest BCUT2D eigenvalue weighted by molar-refractivity contribution is 8.00. The smallest absolute Gasteiger partial charge is 0.0985 e. The molecule has 2 nitrogen and oxygen atoms in total. The van der Waals surface area contributed by atoms with Gasteiger partial charge < -0.3 is 10.4 Å². The molecular formula is C23H31Cl2NOS. The van der Waals surface area contributed by atoms with Gasteiger partial charge in [0.2, 0.25) is 0 Å². The second kappa shape index (κ2) is 10.9. The molecule has 2 rings (SSSR count). The van der Waals surface area contributed by atoms with Crippen molar-refractivity contribution in [3.63, 3.8) is 0 Å². The van der Waals surface area contributed by atoms with Gasteiger partial charge in [-0.05, 0) is 54.0 Å². The van der Waals surface area contributed by atoms with Crippen molar-refractivity contribution in [1.82, 2.24) is 5.32 Å². The average molecular weight is 440 g/mol. The van der Waals surface area contributed by atoms with Gasteiger partial charge in [-0.1, -0.05) is 75.2 Å². The lowest BCUT2D eigenvalue weighted by molar-refractivity contribution is 0.120. The number of halogens is 2. The Morgan fingerprint density at radius 1 is 1.00 bits per heavy atom. The topological polar surface area (TPSA) is 32.3 Å². The second-order valence-electron chi connectivity index (χ2n) is 8.05. The van der Waals surface area contributed by atoms with E-state index in [9.17, 15) is 5.11 Å². The van der Waals surface area contributed by atoms with Crippen LogP contribution < -0.4 is 5.32 Å². The molecule has 0 aliphatic rings. The molecule has 0 saturated heterocycles. The van der Waals surface area contributed by atoms with Gasteiger partial charge in [0.05, 0.1) is 12.1 Å². The molecule has 2 aromatic rings. The number of benzene rings is 2. The molecule has 154 valence electrons. The lowest BCUT2D eigenvalue weighted by Crippen LogP contribution is -2.36. The Hall–Kier alpha value is -0.710. The van der Waals surface area contributed by atoms with Crippen LogP contribution in [0.25, 0.3) is 0 Å². The number of aliphatic hydroxyl groups is 1. The van der Waals surface area contributed by atoms with Gasteiger partial charge in [0, 0.05) is 20.8 Å². The largest absolute Gasteiger partial charge is 0.386 e. The summed E-state index contributed by atoms with van der Waals surface area (Å²) in [6, 6.07) is 15.2. The summed E-state index contributed by atoms with van der Waals surface area (Å²) in [7, 11) is 0. The normalized spacial score (nSPS) is 15.2. The fourth-order valence-electron chi connectivity index (χ4n) is 3.09. The molecule has 0 aliphatic heterocycles. The second-order valence-corrected chi connectivity index (χ2v) is 10.8. The standard InChI is InChI=1S/C23H31Cl2NOS/c1-5-20(13-14-28-23(2,3)4)26-21(16-9-11-18(24)12-10-16)22(27)17-7-6-8-19(25)15-17/h6-12,15,20-22,26-27H,5,13-14H2,1-4H3/t20-,21+,22+/m0/s1. The number of hydrogen-bond donors (Lipinski definition) is 2. The lowest BCUT2D eigenvalue weighted by atomic mass is 9.94. The molecule has 0 aliphatic carbocycles. The van der Waals surface area contributed by atoms with Crippen LogP contribution in [0.5, 0.6) is 0 Å². The summed E-state index contributed by atoms with van der Waals surface area (Å²) in [5.74, 6) is 1.08. The average Bonchev–Trinajstić information content (AvgIpc) is 2.64. The van der Waals surface area contributed by atoms with Gasteiger partial charge in [0.25, 0.3) is 0 Å². The molecule has 0 aromatic heterocycles. The van der Waals surface area contributed by atoms with Crippen molar-refractivity contribution >= 4 is 35.0 Å². The number of aliphatic hydroxyl groups excluding tert-OH is 1. The molecule has 2 N–H and O–H groups in total. The van der Waals surface area contributed by atoms with Crippen molar-refractivity contribution in [2.24, 2.45) is 0 Å². The van der Waals surface area contributed by atoms with E-state index in [-0.39, 0.29) is 10.8 Å². The van der Waals surface area contributed by atoms with E-state index in [0.717, 1.165) is 29.7 Å². The van der Waals surface area contributed by atoms with Gasteiger partial charge in [0.15, 0.2) is 0 Å². The maximum absolute atomic E-state index is 11.2. The Balaban J connectivity index is 2.21. The maximum atomic E-state index is 11.2. The minimum Gasteiger partial charge on any atom is -0.386 e. The number of rotatable bonds is 9. The summed E-state index contributed by atoms with van der Waals surface area (Å²) in [4.78, 5) is 0. The van der Waals surface area contributed by atoms with Crippen molar-refractivity contribution < 1.29 is 5.11 Å². The van der Waals surface area contributed by atoms with E-state index in [2.05, 4.69) is 33.0 Å². The zero-order valence-electron chi connectivity index (χ0n) is 17.1. The monoisotopic (exact) mass is 439 g/mol. The molecule has 5 heteroatoms. The fraction of sp³-hybridized carbons (Fsp3) is 0.478. The van der Waals surface area contributed by atoms with Gasteiger partial charge in [-0.3, -0.25) is 0 Å². The Morgan fingerprint density at radius 3 is 2.25 bits per heavy atom. The molecule has 2 aromatic carbocycles. The summed E-state index contributed by atoms with van der Waals surface area (Å²) >= 11 is 14.2. The molecule has 3 atom stereocenters. The van der Waals surface area contributed by atoms with Crippen LogP contribution in [0.3, 0.4) is 0 Å². The molecule has 0 amide bonds. The molecule has 0 fully saturated rings.